The van der Waals surface area contributed by atoms with Crippen LogP contribution in [0.5, 0.6) is 0 Å². The number of rotatable bonds is 5. The molecule has 0 N–H and O–H groups in total. The number of hydrogen-bond donors (Lipinski definition) is 0. The number of carbonyl (C=O) groups excluding carboxylic acids is 2. The molecule has 0 aromatic carbocycles. The Kier molecular flexibility index (Phi) is 4.36. The van der Waals surface area contributed by atoms with Crippen LogP contribution in [0.2, 0.25) is 0 Å². The van der Waals surface area contributed by atoms with Gasteiger partial charge < -0.3 is 0 Å². The molecule has 0 saturated heterocycles. The highest BCUT2D eigenvalue weighted by Crippen LogP contribution is 2.51. The lowest BCUT2D eigenvalue weighted by atomic mass is 9.65. The number of carbonyl (C=O) groups is 2. The maximum absolute atomic E-state index is 11.4. The minimum atomic E-state index is -0.0744. The molecule has 0 heterocycles. The van der Waals surface area contributed by atoms with Crippen LogP contribution in [0.3, 0.4) is 0 Å². The van der Waals surface area contributed by atoms with Crippen molar-refractivity contribution in [3.8, 4) is 0 Å². The van der Waals surface area contributed by atoms with Gasteiger partial charge in [0.05, 0.1) is 0 Å². The summed E-state index contributed by atoms with van der Waals surface area (Å²) in [5.74, 6) is 1.16. The summed E-state index contributed by atoms with van der Waals surface area (Å²) >= 11 is 0. The van der Waals surface area contributed by atoms with Gasteiger partial charge in [-0.3, -0.25) is 9.59 Å². The molecule has 0 spiro atoms. The minimum Gasteiger partial charge on any atom is -0.298 e. The first kappa shape index (κ1) is 15.9. The fourth-order valence-corrected chi connectivity index (χ4v) is 3.83. The van der Waals surface area contributed by atoms with Crippen molar-refractivity contribution >= 4 is 12.1 Å². The third kappa shape index (κ3) is 3.09. The Morgan fingerprint density at radius 3 is 2.38 bits per heavy atom. The third-order valence-electron chi connectivity index (χ3n) is 5.44. The van der Waals surface area contributed by atoms with Crippen LogP contribution < -0.4 is 0 Å². The Labute approximate surface area is 128 Å². The van der Waals surface area contributed by atoms with E-state index in [-0.39, 0.29) is 16.6 Å². The van der Waals surface area contributed by atoms with Crippen molar-refractivity contribution in [2.45, 2.75) is 47.0 Å². The van der Waals surface area contributed by atoms with Gasteiger partial charge in [-0.1, -0.05) is 45.9 Å². The zero-order valence-corrected chi connectivity index (χ0v) is 13.6. The largest absolute Gasteiger partial charge is 0.298 e. The summed E-state index contributed by atoms with van der Waals surface area (Å²) in [6, 6.07) is 0. The Morgan fingerprint density at radius 1 is 1.24 bits per heavy atom. The van der Waals surface area contributed by atoms with Crippen LogP contribution in [0.4, 0.5) is 0 Å². The first-order valence-electron chi connectivity index (χ1n) is 7.89. The van der Waals surface area contributed by atoms with E-state index in [0.29, 0.717) is 11.8 Å². The van der Waals surface area contributed by atoms with Crippen molar-refractivity contribution in [1.29, 1.82) is 0 Å². The van der Waals surface area contributed by atoms with Gasteiger partial charge in [-0.2, -0.15) is 0 Å². The second-order valence-electron chi connectivity index (χ2n) is 7.36. The van der Waals surface area contributed by atoms with Crippen LogP contribution in [-0.4, -0.2) is 12.1 Å². The summed E-state index contributed by atoms with van der Waals surface area (Å²) in [4.78, 5) is 22.7. The summed E-state index contributed by atoms with van der Waals surface area (Å²) in [6.45, 7) is 8.87. The smallest absolute Gasteiger partial charge is 0.178 e. The highest BCUT2D eigenvalue weighted by atomic mass is 16.1. The van der Waals surface area contributed by atoms with Gasteiger partial charge in [-0.15, -0.1) is 0 Å². The quantitative estimate of drug-likeness (QED) is 0.707. The molecule has 21 heavy (non-hydrogen) atoms. The molecule has 0 unspecified atom stereocenters. The number of hydrogen-bond acceptors (Lipinski definition) is 2. The second kappa shape index (κ2) is 5.75. The van der Waals surface area contributed by atoms with Gasteiger partial charge in [0.2, 0.25) is 0 Å². The molecule has 114 valence electrons. The van der Waals surface area contributed by atoms with Crippen LogP contribution in [0, 0.1) is 22.7 Å². The monoisotopic (exact) mass is 286 g/mol. The van der Waals surface area contributed by atoms with E-state index in [0.717, 1.165) is 31.1 Å². The van der Waals surface area contributed by atoms with E-state index < -0.39 is 0 Å². The van der Waals surface area contributed by atoms with Crippen LogP contribution >= 0.6 is 0 Å². The molecule has 0 aliphatic heterocycles. The van der Waals surface area contributed by atoms with Crippen LogP contribution in [0.25, 0.3) is 0 Å². The van der Waals surface area contributed by atoms with E-state index in [1.54, 1.807) is 12.2 Å². The van der Waals surface area contributed by atoms with Gasteiger partial charge in [0.15, 0.2) is 5.78 Å². The maximum atomic E-state index is 11.4. The molecular formula is C19H26O2. The molecule has 0 fully saturated rings. The SMILES string of the molecule is CC(C)[C@H]1CC=C(C=O)[C@]1(C)CCC1(C)C=CC(=O)C=C1. The highest BCUT2D eigenvalue weighted by Gasteiger charge is 2.43. The summed E-state index contributed by atoms with van der Waals surface area (Å²) in [6.07, 6.45) is 13.4. The summed E-state index contributed by atoms with van der Waals surface area (Å²) in [5, 5.41) is 0. The molecule has 0 radical (unpaired) electrons. The Hall–Kier alpha value is -1.44. The predicted molar refractivity (Wildman–Crippen MR) is 85.8 cm³/mol. The fourth-order valence-electron chi connectivity index (χ4n) is 3.83. The van der Waals surface area contributed by atoms with Gasteiger partial charge >= 0.3 is 0 Å². The van der Waals surface area contributed by atoms with E-state index in [9.17, 15) is 9.59 Å². The second-order valence-corrected chi connectivity index (χ2v) is 7.36. The number of aldehydes is 1. The standard InChI is InChI=1S/C19H26O2/c1-14(2)17-6-5-15(13-20)19(17,4)12-11-18(3)9-7-16(21)8-10-18/h5,7-10,13-14,17H,6,11-12H2,1-4H3/t17-,19+/m1/s1. The molecule has 2 nitrogen and oxygen atoms in total. The molecule has 0 amide bonds. The Bertz CT molecular complexity index is 506. The molecule has 2 aliphatic rings. The topological polar surface area (TPSA) is 34.1 Å². The fraction of sp³-hybridized carbons (Fsp3) is 0.579. The van der Waals surface area contributed by atoms with E-state index in [1.807, 2.05) is 12.2 Å². The normalized spacial score (nSPS) is 30.8. The molecule has 0 aromatic heterocycles. The van der Waals surface area contributed by atoms with Gasteiger partial charge in [0.25, 0.3) is 0 Å². The van der Waals surface area contributed by atoms with E-state index in [1.165, 1.54) is 0 Å². The van der Waals surface area contributed by atoms with Crippen molar-refractivity contribution in [3.05, 3.63) is 36.0 Å². The average Bonchev–Trinajstić information content (AvgIpc) is 2.78. The van der Waals surface area contributed by atoms with Gasteiger partial charge in [-0.05, 0) is 54.2 Å². The lowest BCUT2D eigenvalue weighted by molar-refractivity contribution is -0.110. The van der Waals surface area contributed by atoms with E-state index in [4.69, 9.17) is 0 Å². The van der Waals surface area contributed by atoms with Crippen molar-refractivity contribution in [2.75, 3.05) is 0 Å². The summed E-state index contributed by atoms with van der Waals surface area (Å²) < 4.78 is 0. The van der Waals surface area contributed by atoms with Crippen molar-refractivity contribution < 1.29 is 9.59 Å². The first-order valence-corrected chi connectivity index (χ1v) is 7.89. The van der Waals surface area contributed by atoms with E-state index in [2.05, 4.69) is 33.8 Å². The Balaban J connectivity index is 2.14. The van der Waals surface area contributed by atoms with Crippen molar-refractivity contribution in [3.63, 3.8) is 0 Å². The Morgan fingerprint density at radius 2 is 1.86 bits per heavy atom. The molecular weight excluding hydrogens is 260 g/mol. The zero-order valence-electron chi connectivity index (χ0n) is 13.6. The molecule has 2 rings (SSSR count). The minimum absolute atomic E-state index is 0.0396. The third-order valence-corrected chi connectivity index (χ3v) is 5.44. The summed E-state index contributed by atoms with van der Waals surface area (Å²) in [5.41, 5.74) is 0.849. The molecule has 0 saturated carbocycles. The predicted octanol–water partition coefficient (Wildman–Crippen LogP) is 4.28. The van der Waals surface area contributed by atoms with Crippen LogP contribution in [0.1, 0.15) is 47.0 Å². The zero-order chi connectivity index (χ0) is 15.7. The number of ketones is 1. The van der Waals surface area contributed by atoms with Gasteiger partial charge in [0, 0.05) is 5.41 Å². The lowest BCUT2D eigenvalue weighted by Gasteiger charge is -2.38. The van der Waals surface area contributed by atoms with Gasteiger partial charge in [0.1, 0.15) is 6.29 Å². The lowest BCUT2D eigenvalue weighted by Crippen LogP contribution is -2.31. The maximum Gasteiger partial charge on any atom is 0.178 e. The van der Waals surface area contributed by atoms with Crippen LogP contribution in [0.15, 0.2) is 36.0 Å². The average molecular weight is 286 g/mol. The molecule has 2 heteroatoms. The number of allylic oxidation sites excluding steroid dienone is 6. The van der Waals surface area contributed by atoms with Crippen molar-refractivity contribution in [2.24, 2.45) is 22.7 Å². The highest BCUT2D eigenvalue weighted by molar-refractivity contribution is 6.00. The van der Waals surface area contributed by atoms with Crippen LogP contribution in [-0.2, 0) is 9.59 Å². The van der Waals surface area contributed by atoms with Gasteiger partial charge in [-0.25, -0.2) is 0 Å². The summed E-state index contributed by atoms with van der Waals surface area (Å²) in [7, 11) is 0. The first-order chi connectivity index (χ1) is 9.81. The molecule has 0 bridgehead atoms. The molecule has 2 atom stereocenters. The van der Waals surface area contributed by atoms with Crippen molar-refractivity contribution in [1.82, 2.24) is 0 Å². The molecule has 2 aliphatic carbocycles. The van der Waals surface area contributed by atoms with E-state index >= 15 is 0 Å². The molecule has 0 aromatic rings.